The Bertz CT molecular complexity index is 1510. The molecule has 0 bridgehead atoms. The first-order valence-electron chi connectivity index (χ1n) is 11.6. The second-order valence-electron chi connectivity index (χ2n) is 8.36. The standard InChI is InChI=1S/C25H26N10O/c1-3-35-20(12-16(2)33-35)30-21(36)14-34-15-28-22-23(31-25(26)32-24(22)34)29-19-6-4-17(5-7-19)13-18-8-10-27-11-9-18/h4-12,15H,3,13-14H2,1-2H3,(H,30,36)(H3,26,29,31,32). The van der Waals surface area contributed by atoms with Gasteiger partial charge in [-0.05, 0) is 55.7 Å². The lowest BCUT2D eigenvalue weighted by molar-refractivity contribution is -0.116. The lowest BCUT2D eigenvalue weighted by Gasteiger charge is -2.10. The number of hydrogen-bond acceptors (Lipinski definition) is 8. The van der Waals surface area contributed by atoms with Crippen molar-refractivity contribution in [1.82, 2.24) is 34.3 Å². The van der Waals surface area contributed by atoms with Crippen molar-refractivity contribution in [3.05, 3.63) is 78.0 Å². The minimum Gasteiger partial charge on any atom is -0.368 e. The topological polar surface area (TPSA) is 141 Å². The quantitative estimate of drug-likeness (QED) is 0.306. The summed E-state index contributed by atoms with van der Waals surface area (Å²) in [5.74, 6) is 0.980. The third kappa shape index (κ3) is 4.99. The molecule has 0 saturated carbocycles. The number of benzene rings is 1. The van der Waals surface area contributed by atoms with Gasteiger partial charge < -0.3 is 20.9 Å². The van der Waals surface area contributed by atoms with E-state index in [0.29, 0.717) is 29.3 Å². The van der Waals surface area contributed by atoms with E-state index < -0.39 is 0 Å². The van der Waals surface area contributed by atoms with Crippen molar-refractivity contribution >= 4 is 40.3 Å². The van der Waals surface area contributed by atoms with Gasteiger partial charge in [-0.25, -0.2) is 9.67 Å². The second kappa shape index (κ2) is 9.82. The van der Waals surface area contributed by atoms with Crippen molar-refractivity contribution in [3.8, 4) is 0 Å². The Morgan fingerprint density at radius 1 is 1.06 bits per heavy atom. The summed E-state index contributed by atoms with van der Waals surface area (Å²) in [6.45, 7) is 4.52. The first kappa shape index (κ1) is 23.0. The molecule has 0 atom stereocenters. The highest BCUT2D eigenvalue weighted by atomic mass is 16.2. The van der Waals surface area contributed by atoms with E-state index in [-0.39, 0.29) is 18.4 Å². The van der Waals surface area contributed by atoms with Gasteiger partial charge in [0, 0.05) is 30.7 Å². The zero-order valence-corrected chi connectivity index (χ0v) is 20.0. The van der Waals surface area contributed by atoms with Gasteiger partial charge in [0.15, 0.2) is 17.0 Å². The van der Waals surface area contributed by atoms with Gasteiger partial charge in [-0.2, -0.15) is 15.1 Å². The Labute approximate surface area is 207 Å². The Morgan fingerprint density at radius 3 is 2.56 bits per heavy atom. The first-order valence-corrected chi connectivity index (χ1v) is 11.6. The van der Waals surface area contributed by atoms with Gasteiger partial charge in [-0.1, -0.05) is 12.1 Å². The molecular formula is C25H26N10O. The van der Waals surface area contributed by atoms with E-state index >= 15 is 0 Å². The number of aromatic nitrogens is 7. The first-order chi connectivity index (χ1) is 17.5. The lowest BCUT2D eigenvalue weighted by Crippen LogP contribution is -2.20. The highest BCUT2D eigenvalue weighted by Gasteiger charge is 2.16. The zero-order valence-electron chi connectivity index (χ0n) is 20.0. The number of nitrogens with zero attached hydrogens (tertiary/aromatic N) is 7. The third-order valence-corrected chi connectivity index (χ3v) is 5.64. The number of amides is 1. The number of anilines is 4. The molecule has 1 aromatic carbocycles. The average molecular weight is 483 g/mol. The molecular weight excluding hydrogens is 456 g/mol. The summed E-state index contributed by atoms with van der Waals surface area (Å²) < 4.78 is 3.38. The summed E-state index contributed by atoms with van der Waals surface area (Å²) in [6, 6.07) is 13.9. The number of nitrogens with one attached hydrogen (secondary N) is 2. The maximum absolute atomic E-state index is 12.7. The molecule has 0 fully saturated rings. The molecule has 0 radical (unpaired) electrons. The summed E-state index contributed by atoms with van der Waals surface area (Å²) in [7, 11) is 0. The number of imidazole rings is 1. The van der Waals surface area contributed by atoms with Gasteiger partial charge in [0.05, 0.1) is 12.0 Å². The summed E-state index contributed by atoms with van der Waals surface area (Å²) in [6.07, 6.45) is 5.96. The van der Waals surface area contributed by atoms with E-state index in [1.54, 1.807) is 28.0 Å². The normalized spacial score (nSPS) is 11.1. The maximum atomic E-state index is 12.7. The smallest absolute Gasteiger partial charge is 0.245 e. The fourth-order valence-electron chi connectivity index (χ4n) is 3.97. The van der Waals surface area contributed by atoms with E-state index in [4.69, 9.17) is 5.73 Å². The van der Waals surface area contributed by atoms with Crippen molar-refractivity contribution in [1.29, 1.82) is 0 Å². The molecule has 182 valence electrons. The van der Waals surface area contributed by atoms with Crippen LogP contribution in [0.25, 0.3) is 11.2 Å². The molecule has 4 N–H and O–H groups in total. The Morgan fingerprint density at radius 2 is 1.81 bits per heavy atom. The van der Waals surface area contributed by atoms with Gasteiger partial charge in [-0.15, -0.1) is 0 Å². The van der Waals surface area contributed by atoms with E-state index in [1.165, 1.54) is 11.1 Å². The van der Waals surface area contributed by atoms with Crippen LogP contribution in [0.5, 0.6) is 0 Å². The molecule has 11 nitrogen and oxygen atoms in total. The minimum absolute atomic E-state index is 0.0179. The number of nitrogen functional groups attached to an aromatic ring is 1. The molecule has 4 aromatic heterocycles. The Kier molecular flexibility index (Phi) is 6.27. The molecule has 0 aliphatic carbocycles. The van der Waals surface area contributed by atoms with Crippen molar-refractivity contribution < 1.29 is 4.79 Å². The Hall–Kier alpha value is -4.80. The molecule has 1 amide bonds. The number of rotatable bonds is 8. The van der Waals surface area contributed by atoms with Crippen molar-refractivity contribution in [2.24, 2.45) is 0 Å². The molecule has 11 heteroatoms. The predicted molar refractivity (Wildman–Crippen MR) is 138 cm³/mol. The lowest BCUT2D eigenvalue weighted by atomic mass is 10.1. The average Bonchev–Trinajstić information content (AvgIpc) is 3.43. The van der Waals surface area contributed by atoms with Crippen molar-refractivity contribution in [2.75, 3.05) is 16.4 Å². The summed E-state index contributed by atoms with van der Waals surface area (Å²) in [4.78, 5) is 29.9. The van der Waals surface area contributed by atoms with Gasteiger partial charge >= 0.3 is 0 Å². The van der Waals surface area contributed by atoms with Crippen LogP contribution < -0.4 is 16.4 Å². The van der Waals surface area contributed by atoms with Crippen LogP contribution in [0.1, 0.15) is 23.7 Å². The van der Waals surface area contributed by atoms with Crippen LogP contribution >= 0.6 is 0 Å². The molecule has 4 heterocycles. The molecule has 5 rings (SSSR count). The van der Waals surface area contributed by atoms with Crippen LogP contribution in [0.2, 0.25) is 0 Å². The predicted octanol–water partition coefficient (Wildman–Crippen LogP) is 3.30. The van der Waals surface area contributed by atoms with Crippen LogP contribution in [0.4, 0.5) is 23.3 Å². The van der Waals surface area contributed by atoms with Gasteiger partial charge in [0.1, 0.15) is 12.4 Å². The van der Waals surface area contributed by atoms with Gasteiger partial charge in [0.2, 0.25) is 11.9 Å². The summed E-state index contributed by atoms with van der Waals surface area (Å²) in [5, 5.41) is 10.5. The second-order valence-corrected chi connectivity index (χ2v) is 8.36. The Balaban J connectivity index is 1.32. The van der Waals surface area contributed by atoms with E-state index in [9.17, 15) is 4.79 Å². The van der Waals surface area contributed by atoms with E-state index in [2.05, 4.69) is 47.8 Å². The number of pyridine rings is 1. The number of hydrogen-bond donors (Lipinski definition) is 3. The van der Waals surface area contributed by atoms with Gasteiger partial charge in [0.25, 0.3) is 0 Å². The fraction of sp³-hybridized carbons (Fsp3) is 0.200. The van der Waals surface area contributed by atoms with Crippen LogP contribution in [0.3, 0.4) is 0 Å². The van der Waals surface area contributed by atoms with E-state index in [0.717, 1.165) is 17.8 Å². The number of nitrogens with two attached hydrogens (primary N) is 1. The van der Waals surface area contributed by atoms with Crippen molar-refractivity contribution in [3.63, 3.8) is 0 Å². The summed E-state index contributed by atoms with van der Waals surface area (Å²) >= 11 is 0. The molecule has 0 saturated heterocycles. The third-order valence-electron chi connectivity index (χ3n) is 5.64. The van der Waals surface area contributed by atoms with Crippen molar-refractivity contribution in [2.45, 2.75) is 33.4 Å². The number of fused-ring (bicyclic) bond motifs is 1. The molecule has 0 unspecified atom stereocenters. The molecule has 36 heavy (non-hydrogen) atoms. The molecule has 0 aliphatic rings. The summed E-state index contributed by atoms with van der Waals surface area (Å²) in [5.41, 5.74) is 11.0. The zero-order chi connectivity index (χ0) is 25.1. The fourth-order valence-corrected chi connectivity index (χ4v) is 3.97. The number of carbonyl (C=O) groups is 1. The monoisotopic (exact) mass is 482 g/mol. The van der Waals surface area contributed by atoms with Crippen LogP contribution in [-0.4, -0.2) is 40.2 Å². The number of aryl methyl sites for hydroxylation is 2. The van der Waals surface area contributed by atoms with Crippen LogP contribution in [0.15, 0.2) is 61.2 Å². The SMILES string of the molecule is CCn1nc(C)cc1NC(=O)Cn1cnc2c(Nc3ccc(Cc4ccncc4)cc3)nc(N)nc21. The van der Waals surface area contributed by atoms with Gasteiger partial charge in [-0.3, -0.25) is 9.78 Å². The minimum atomic E-state index is -0.222. The highest BCUT2D eigenvalue weighted by molar-refractivity contribution is 5.92. The molecule has 0 aliphatic heterocycles. The molecule has 5 aromatic rings. The maximum Gasteiger partial charge on any atom is 0.245 e. The highest BCUT2D eigenvalue weighted by Crippen LogP contribution is 2.24. The van der Waals surface area contributed by atoms with Crippen LogP contribution in [-0.2, 0) is 24.3 Å². The molecule has 0 spiro atoms. The largest absolute Gasteiger partial charge is 0.368 e. The van der Waals surface area contributed by atoms with Crippen LogP contribution in [0, 0.1) is 6.92 Å². The van der Waals surface area contributed by atoms with E-state index in [1.807, 2.05) is 44.2 Å². The number of carbonyl (C=O) groups excluding carboxylic acids is 1.